The lowest BCUT2D eigenvalue weighted by Gasteiger charge is -2.33. The molecule has 1 aliphatic heterocycles. The van der Waals surface area contributed by atoms with Crippen molar-refractivity contribution in [2.24, 2.45) is 4.99 Å². The minimum atomic E-state index is 0.0329. The van der Waals surface area contributed by atoms with E-state index in [0.717, 1.165) is 51.5 Å². The predicted molar refractivity (Wildman–Crippen MR) is 105 cm³/mol. The number of amides is 1. The Hall–Kier alpha value is -1.34. The van der Waals surface area contributed by atoms with Gasteiger partial charge in [0.1, 0.15) is 6.54 Å². The Morgan fingerprint density at radius 1 is 1.12 bits per heavy atom. The summed E-state index contributed by atoms with van der Waals surface area (Å²) in [6.45, 7) is 4.35. The van der Waals surface area contributed by atoms with Crippen LogP contribution in [0.1, 0.15) is 44.9 Å². The van der Waals surface area contributed by atoms with Crippen LogP contribution in [0.2, 0.25) is 0 Å². The maximum absolute atomic E-state index is 11.9. The van der Waals surface area contributed by atoms with E-state index >= 15 is 0 Å². The van der Waals surface area contributed by atoms with Crippen LogP contribution in [0.25, 0.3) is 0 Å². The highest BCUT2D eigenvalue weighted by atomic mass is 16.5. The molecule has 0 aromatic rings. The molecule has 0 aromatic carbocycles. The first-order valence-electron chi connectivity index (χ1n) is 10.1. The molecule has 1 saturated heterocycles. The number of rotatable bonds is 8. The molecule has 1 amide bonds. The first-order chi connectivity index (χ1) is 12.6. The van der Waals surface area contributed by atoms with Gasteiger partial charge in [0, 0.05) is 59.5 Å². The number of likely N-dealkylation sites (N-methyl/N-ethyl adjacent to an activating group) is 1. The highest BCUT2D eigenvalue weighted by Gasteiger charge is 2.22. The average molecular weight is 368 g/mol. The Balaban J connectivity index is 1.81. The van der Waals surface area contributed by atoms with Gasteiger partial charge >= 0.3 is 0 Å². The Labute approximate surface area is 158 Å². The number of hydrogen-bond donors (Lipinski definition) is 2. The van der Waals surface area contributed by atoms with Gasteiger partial charge in [0.25, 0.3) is 0 Å². The number of hydrogen-bond acceptors (Lipinski definition) is 4. The summed E-state index contributed by atoms with van der Waals surface area (Å²) in [5, 5.41) is 7.13. The third kappa shape index (κ3) is 7.50. The van der Waals surface area contributed by atoms with Crippen LogP contribution in [0.5, 0.6) is 0 Å². The van der Waals surface area contributed by atoms with Crippen molar-refractivity contribution in [3.8, 4) is 0 Å². The summed E-state index contributed by atoms with van der Waals surface area (Å²) in [4.78, 5) is 20.5. The van der Waals surface area contributed by atoms with Gasteiger partial charge in [-0.15, -0.1) is 0 Å². The van der Waals surface area contributed by atoms with Crippen LogP contribution < -0.4 is 10.6 Å². The Kier molecular flexibility index (Phi) is 9.18. The van der Waals surface area contributed by atoms with Gasteiger partial charge in [0.2, 0.25) is 5.91 Å². The maximum atomic E-state index is 11.9. The second-order valence-corrected chi connectivity index (χ2v) is 7.69. The third-order valence-corrected chi connectivity index (χ3v) is 5.32. The fourth-order valence-electron chi connectivity index (χ4n) is 3.61. The molecule has 2 aliphatic rings. The van der Waals surface area contributed by atoms with Crippen molar-refractivity contribution in [2.45, 2.75) is 57.0 Å². The Bertz CT molecular complexity index is 441. The second kappa shape index (κ2) is 11.4. The van der Waals surface area contributed by atoms with Crippen LogP contribution in [-0.2, 0) is 9.53 Å². The van der Waals surface area contributed by atoms with E-state index in [1.807, 2.05) is 0 Å². The van der Waals surface area contributed by atoms with Crippen LogP contribution in [0.4, 0.5) is 0 Å². The minimum Gasteiger partial charge on any atom is -0.385 e. The van der Waals surface area contributed by atoms with Crippen molar-refractivity contribution in [1.82, 2.24) is 20.4 Å². The Morgan fingerprint density at radius 2 is 1.73 bits per heavy atom. The molecule has 0 spiro atoms. The molecule has 0 unspecified atom stereocenters. The molecular formula is C19H37N5O2. The van der Waals surface area contributed by atoms with Crippen molar-refractivity contribution < 1.29 is 9.53 Å². The number of ether oxygens (including phenoxy) is 1. The lowest BCUT2D eigenvalue weighted by Crippen LogP contribution is -2.51. The van der Waals surface area contributed by atoms with Gasteiger partial charge in [0.05, 0.1) is 0 Å². The molecule has 2 N–H and O–H groups in total. The molecule has 150 valence electrons. The number of piperidine rings is 1. The number of aliphatic imine (C=N–C) groups is 1. The van der Waals surface area contributed by atoms with E-state index in [0.29, 0.717) is 12.1 Å². The first-order valence-corrected chi connectivity index (χ1v) is 10.1. The normalized spacial score (nSPS) is 20.3. The van der Waals surface area contributed by atoms with Gasteiger partial charge < -0.3 is 25.2 Å². The van der Waals surface area contributed by atoms with E-state index < -0.39 is 0 Å². The van der Waals surface area contributed by atoms with Crippen LogP contribution >= 0.6 is 0 Å². The SMILES string of the molecule is COCCCN1CCC(NC(=NCC(=O)N(C)C)NC2CCCC2)CC1. The monoisotopic (exact) mass is 367 g/mol. The molecule has 7 nitrogen and oxygen atoms in total. The summed E-state index contributed by atoms with van der Waals surface area (Å²) >= 11 is 0. The van der Waals surface area contributed by atoms with Crippen molar-refractivity contribution in [2.75, 3.05) is 54.0 Å². The summed E-state index contributed by atoms with van der Waals surface area (Å²) in [5.41, 5.74) is 0. The topological polar surface area (TPSA) is 69.2 Å². The molecular weight excluding hydrogens is 330 g/mol. The summed E-state index contributed by atoms with van der Waals surface area (Å²) < 4.78 is 5.14. The summed E-state index contributed by atoms with van der Waals surface area (Å²) in [5.74, 6) is 0.843. The first kappa shape index (κ1) is 21.0. The van der Waals surface area contributed by atoms with Crippen molar-refractivity contribution >= 4 is 11.9 Å². The Morgan fingerprint density at radius 3 is 2.31 bits per heavy atom. The van der Waals surface area contributed by atoms with E-state index in [1.54, 1.807) is 26.1 Å². The number of nitrogens with zero attached hydrogens (tertiary/aromatic N) is 3. The average Bonchev–Trinajstić information content (AvgIpc) is 3.14. The molecule has 1 saturated carbocycles. The number of carbonyl (C=O) groups is 1. The van der Waals surface area contributed by atoms with Crippen LogP contribution in [0.15, 0.2) is 4.99 Å². The maximum Gasteiger partial charge on any atom is 0.243 e. The van der Waals surface area contributed by atoms with E-state index in [-0.39, 0.29) is 12.5 Å². The molecule has 2 rings (SSSR count). The van der Waals surface area contributed by atoms with Gasteiger partial charge in [-0.2, -0.15) is 0 Å². The summed E-state index contributed by atoms with van der Waals surface area (Å²) in [7, 11) is 5.30. The number of methoxy groups -OCH3 is 1. The van der Waals surface area contributed by atoms with Crippen LogP contribution in [0.3, 0.4) is 0 Å². The number of likely N-dealkylation sites (tertiary alicyclic amines) is 1. The van der Waals surface area contributed by atoms with Gasteiger partial charge in [-0.3, -0.25) is 4.79 Å². The number of guanidine groups is 1. The van der Waals surface area contributed by atoms with E-state index in [2.05, 4.69) is 20.5 Å². The third-order valence-electron chi connectivity index (χ3n) is 5.32. The highest BCUT2D eigenvalue weighted by molar-refractivity contribution is 5.85. The van der Waals surface area contributed by atoms with E-state index in [1.165, 1.54) is 25.7 Å². The van der Waals surface area contributed by atoms with Gasteiger partial charge in [-0.1, -0.05) is 12.8 Å². The number of carbonyl (C=O) groups excluding carboxylic acids is 1. The minimum absolute atomic E-state index is 0.0329. The second-order valence-electron chi connectivity index (χ2n) is 7.69. The lowest BCUT2D eigenvalue weighted by atomic mass is 10.1. The van der Waals surface area contributed by atoms with Crippen molar-refractivity contribution in [1.29, 1.82) is 0 Å². The van der Waals surface area contributed by atoms with Crippen molar-refractivity contribution in [3.05, 3.63) is 0 Å². The van der Waals surface area contributed by atoms with Crippen molar-refractivity contribution in [3.63, 3.8) is 0 Å². The van der Waals surface area contributed by atoms with Gasteiger partial charge in [-0.05, 0) is 32.1 Å². The van der Waals surface area contributed by atoms with E-state index in [4.69, 9.17) is 4.74 Å². The predicted octanol–water partition coefficient (Wildman–Crippen LogP) is 1.05. The van der Waals surface area contributed by atoms with Gasteiger partial charge in [0.15, 0.2) is 5.96 Å². The molecule has 26 heavy (non-hydrogen) atoms. The summed E-state index contributed by atoms with van der Waals surface area (Å²) in [6.07, 6.45) is 8.26. The molecule has 0 atom stereocenters. The van der Waals surface area contributed by atoms with E-state index in [9.17, 15) is 4.79 Å². The zero-order chi connectivity index (χ0) is 18.8. The van der Waals surface area contributed by atoms with Gasteiger partial charge in [-0.25, -0.2) is 4.99 Å². The molecule has 1 heterocycles. The fourth-order valence-corrected chi connectivity index (χ4v) is 3.61. The molecule has 0 radical (unpaired) electrons. The van der Waals surface area contributed by atoms with Crippen LogP contribution in [0, 0.1) is 0 Å². The number of nitrogens with one attached hydrogen (secondary N) is 2. The zero-order valence-electron chi connectivity index (χ0n) is 16.8. The fraction of sp³-hybridized carbons (Fsp3) is 0.895. The zero-order valence-corrected chi connectivity index (χ0v) is 16.8. The quantitative estimate of drug-likeness (QED) is 0.381. The molecule has 0 aromatic heterocycles. The molecule has 2 fully saturated rings. The van der Waals surface area contributed by atoms with Crippen LogP contribution in [-0.4, -0.2) is 87.7 Å². The molecule has 1 aliphatic carbocycles. The largest absolute Gasteiger partial charge is 0.385 e. The smallest absolute Gasteiger partial charge is 0.243 e. The lowest BCUT2D eigenvalue weighted by molar-refractivity contribution is -0.127. The summed E-state index contributed by atoms with van der Waals surface area (Å²) in [6, 6.07) is 0.917. The molecule has 7 heteroatoms. The molecule has 0 bridgehead atoms. The standard InChI is InChI=1S/C19H37N5O2/c1-23(2)18(25)15-20-19(21-16-7-4-5-8-16)22-17-9-12-24(13-10-17)11-6-14-26-3/h16-17H,4-15H2,1-3H3,(H2,20,21,22). The highest BCUT2D eigenvalue weighted by Crippen LogP contribution is 2.17.